The van der Waals surface area contributed by atoms with Gasteiger partial charge < -0.3 is 0 Å². The lowest BCUT2D eigenvalue weighted by atomic mass is 9.81. The van der Waals surface area contributed by atoms with Gasteiger partial charge in [0.05, 0.1) is 6.04 Å². The Bertz CT molecular complexity index is 454. The van der Waals surface area contributed by atoms with Crippen molar-refractivity contribution in [1.82, 2.24) is 10.4 Å². The van der Waals surface area contributed by atoms with E-state index in [-0.39, 0.29) is 11.9 Å². The van der Waals surface area contributed by atoms with E-state index in [1.165, 1.54) is 37.7 Å². The molecule has 1 aliphatic carbocycles. The number of hydrogen-bond donors (Lipinski definition) is 1. The molecular weight excluding hydrogens is 260 g/mol. The van der Waals surface area contributed by atoms with Crippen LogP contribution in [0.2, 0.25) is 0 Å². The second kappa shape index (κ2) is 7.08. The molecule has 1 N–H and O–H groups in total. The Hall–Kier alpha value is -1.35. The van der Waals surface area contributed by atoms with E-state index in [0.29, 0.717) is 12.3 Å². The van der Waals surface area contributed by atoms with Crippen molar-refractivity contribution in [3.05, 3.63) is 35.9 Å². The average molecular weight is 286 g/mol. The number of hydrogen-bond acceptors (Lipinski definition) is 2. The first-order valence-corrected chi connectivity index (χ1v) is 8.46. The van der Waals surface area contributed by atoms with Crippen LogP contribution in [0.25, 0.3) is 0 Å². The summed E-state index contributed by atoms with van der Waals surface area (Å²) in [6.45, 7) is 0.856. The Morgan fingerprint density at radius 3 is 2.48 bits per heavy atom. The Balaban J connectivity index is 1.76. The molecule has 0 aromatic heterocycles. The molecule has 1 aromatic carbocycles. The fraction of sp³-hybridized carbons (Fsp3) is 0.611. The highest BCUT2D eigenvalue weighted by Gasteiger charge is 2.28. The third kappa shape index (κ3) is 3.65. The van der Waals surface area contributed by atoms with Gasteiger partial charge in [0.1, 0.15) is 0 Å². The third-order valence-electron chi connectivity index (χ3n) is 4.90. The highest BCUT2D eigenvalue weighted by atomic mass is 16.2. The van der Waals surface area contributed by atoms with Gasteiger partial charge in [-0.2, -0.15) is 0 Å². The zero-order valence-electron chi connectivity index (χ0n) is 12.8. The molecule has 21 heavy (non-hydrogen) atoms. The first-order valence-electron chi connectivity index (χ1n) is 8.46. The molecule has 1 atom stereocenters. The average Bonchev–Trinajstić information content (AvgIpc) is 2.56. The molecule has 0 bridgehead atoms. The van der Waals surface area contributed by atoms with E-state index in [4.69, 9.17) is 0 Å². The SMILES string of the molecule is O=C1CCCCN1N[C@@H](c1ccccc1)C1CCCCC1. The van der Waals surface area contributed by atoms with Crippen LogP contribution in [-0.4, -0.2) is 17.5 Å². The van der Waals surface area contributed by atoms with Crippen LogP contribution < -0.4 is 5.43 Å². The number of nitrogens with one attached hydrogen (secondary N) is 1. The van der Waals surface area contributed by atoms with Crippen LogP contribution >= 0.6 is 0 Å². The predicted molar refractivity (Wildman–Crippen MR) is 84.5 cm³/mol. The molecule has 3 heteroatoms. The zero-order valence-corrected chi connectivity index (χ0v) is 12.8. The van der Waals surface area contributed by atoms with Crippen molar-refractivity contribution < 1.29 is 4.79 Å². The number of benzene rings is 1. The van der Waals surface area contributed by atoms with E-state index < -0.39 is 0 Å². The van der Waals surface area contributed by atoms with Crippen molar-refractivity contribution in [2.45, 2.75) is 57.4 Å². The van der Waals surface area contributed by atoms with E-state index in [1.54, 1.807) is 0 Å². The molecule has 1 amide bonds. The van der Waals surface area contributed by atoms with Crippen LogP contribution in [-0.2, 0) is 4.79 Å². The van der Waals surface area contributed by atoms with Crippen molar-refractivity contribution in [2.24, 2.45) is 5.92 Å². The molecule has 3 rings (SSSR count). The molecule has 1 saturated heterocycles. The summed E-state index contributed by atoms with van der Waals surface area (Å²) in [6.07, 6.45) is 9.40. The topological polar surface area (TPSA) is 32.3 Å². The minimum atomic E-state index is 0.262. The molecule has 1 aliphatic heterocycles. The first kappa shape index (κ1) is 14.6. The Kier molecular flexibility index (Phi) is 4.91. The summed E-state index contributed by atoms with van der Waals surface area (Å²) < 4.78 is 0. The van der Waals surface area contributed by atoms with Gasteiger partial charge in [-0.05, 0) is 37.2 Å². The lowest BCUT2D eigenvalue weighted by Gasteiger charge is -2.37. The number of amides is 1. The lowest BCUT2D eigenvalue weighted by molar-refractivity contribution is -0.138. The largest absolute Gasteiger partial charge is 0.277 e. The molecule has 0 radical (unpaired) electrons. The monoisotopic (exact) mass is 286 g/mol. The maximum Gasteiger partial charge on any atom is 0.236 e. The lowest BCUT2D eigenvalue weighted by Crippen LogP contribution is -2.49. The summed E-state index contributed by atoms with van der Waals surface area (Å²) >= 11 is 0. The highest BCUT2D eigenvalue weighted by Crippen LogP contribution is 2.34. The van der Waals surface area contributed by atoms with Crippen molar-refractivity contribution in [3.8, 4) is 0 Å². The highest BCUT2D eigenvalue weighted by molar-refractivity contribution is 5.76. The van der Waals surface area contributed by atoms with Gasteiger partial charge in [-0.15, -0.1) is 0 Å². The van der Waals surface area contributed by atoms with Crippen LogP contribution in [0.5, 0.6) is 0 Å². The minimum absolute atomic E-state index is 0.262. The Labute approximate surface area is 127 Å². The van der Waals surface area contributed by atoms with Crippen LogP contribution in [0.3, 0.4) is 0 Å². The fourth-order valence-corrected chi connectivity index (χ4v) is 3.69. The maximum atomic E-state index is 12.1. The van der Waals surface area contributed by atoms with Crippen LogP contribution in [0.1, 0.15) is 63.0 Å². The number of carbonyl (C=O) groups is 1. The van der Waals surface area contributed by atoms with Gasteiger partial charge in [0.25, 0.3) is 0 Å². The predicted octanol–water partition coefficient (Wildman–Crippen LogP) is 3.83. The molecule has 0 unspecified atom stereocenters. The minimum Gasteiger partial charge on any atom is -0.277 e. The number of piperidine rings is 1. The molecule has 3 nitrogen and oxygen atoms in total. The summed E-state index contributed by atoms with van der Waals surface area (Å²) in [4.78, 5) is 12.1. The third-order valence-corrected chi connectivity index (χ3v) is 4.90. The molecule has 1 heterocycles. The summed E-state index contributed by atoms with van der Waals surface area (Å²) in [5.74, 6) is 0.911. The standard InChI is InChI=1S/C18H26N2O/c21-17-13-7-8-14-20(17)19-18(15-9-3-1-4-10-15)16-11-5-2-6-12-16/h1,3-4,9-10,16,18-19H,2,5-8,11-14H2/t18-/m0/s1. The number of rotatable bonds is 4. The summed E-state index contributed by atoms with van der Waals surface area (Å²) in [6, 6.07) is 10.9. The summed E-state index contributed by atoms with van der Waals surface area (Å²) in [5, 5.41) is 1.88. The summed E-state index contributed by atoms with van der Waals surface area (Å²) in [7, 11) is 0. The molecular formula is C18H26N2O. The van der Waals surface area contributed by atoms with E-state index >= 15 is 0 Å². The molecule has 1 saturated carbocycles. The van der Waals surface area contributed by atoms with Gasteiger partial charge in [-0.25, -0.2) is 5.43 Å². The number of hydrazine groups is 1. The molecule has 114 valence electrons. The van der Waals surface area contributed by atoms with Crippen molar-refractivity contribution in [2.75, 3.05) is 6.54 Å². The van der Waals surface area contributed by atoms with Gasteiger partial charge in [0.15, 0.2) is 0 Å². The second-order valence-electron chi connectivity index (χ2n) is 6.42. The van der Waals surface area contributed by atoms with Crippen LogP contribution in [0.15, 0.2) is 30.3 Å². The van der Waals surface area contributed by atoms with Crippen LogP contribution in [0.4, 0.5) is 0 Å². The van der Waals surface area contributed by atoms with E-state index in [9.17, 15) is 4.79 Å². The van der Waals surface area contributed by atoms with Gasteiger partial charge in [0, 0.05) is 13.0 Å². The van der Waals surface area contributed by atoms with E-state index in [0.717, 1.165) is 19.4 Å². The number of nitrogens with zero attached hydrogens (tertiary/aromatic N) is 1. The van der Waals surface area contributed by atoms with Crippen molar-refractivity contribution >= 4 is 5.91 Å². The maximum absolute atomic E-state index is 12.1. The molecule has 1 aromatic rings. The van der Waals surface area contributed by atoms with E-state index in [2.05, 4.69) is 35.8 Å². The molecule has 0 spiro atoms. The molecule has 2 fully saturated rings. The van der Waals surface area contributed by atoms with Gasteiger partial charge in [-0.1, -0.05) is 49.6 Å². The quantitative estimate of drug-likeness (QED) is 0.912. The van der Waals surface area contributed by atoms with Gasteiger partial charge >= 0.3 is 0 Å². The van der Waals surface area contributed by atoms with Crippen LogP contribution in [0, 0.1) is 5.92 Å². The first-order chi connectivity index (χ1) is 10.3. The molecule has 2 aliphatic rings. The fourth-order valence-electron chi connectivity index (χ4n) is 3.69. The Morgan fingerprint density at radius 1 is 1.00 bits per heavy atom. The van der Waals surface area contributed by atoms with Gasteiger partial charge in [0.2, 0.25) is 5.91 Å². The van der Waals surface area contributed by atoms with E-state index in [1.807, 2.05) is 5.01 Å². The number of carbonyl (C=O) groups excluding carboxylic acids is 1. The van der Waals surface area contributed by atoms with Crippen molar-refractivity contribution in [3.63, 3.8) is 0 Å². The normalized spacial score (nSPS) is 22.3. The Morgan fingerprint density at radius 2 is 1.76 bits per heavy atom. The zero-order chi connectivity index (χ0) is 14.5. The smallest absolute Gasteiger partial charge is 0.236 e. The summed E-state index contributed by atoms with van der Waals surface area (Å²) in [5.41, 5.74) is 4.90. The van der Waals surface area contributed by atoms with Crippen molar-refractivity contribution in [1.29, 1.82) is 0 Å². The second-order valence-corrected chi connectivity index (χ2v) is 6.42. The van der Waals surface area contributed by atoms with Gasteiger partial charge in [-0.3, -0.25) is 9.80 Å².